The van der Waals surface area contributed by atoms with Crippen molar-refractivity contribution >= 4 is 33.2 Å². The van der Waals surface area contributed by atoms with E-state index in [1.54, 1.807) is 22.6 Å². The van der Waals surface area contributed by atoms with Gasteiger partial charge in [-0.2, -0.15) is 14.7 Å². The van der Waals surface area contributed by atoms with Crippen LogP contribution in [0, 0.1) is 23.2 Å². The van der Waals surface area contributed by atoms with Crippen LogP contribution in [-0.4, -0.2) is 34.7 Å². The number of aromatic nitrogens is 3. The van der Waals surface area contributed by atoms with E-state index in [2.05, 4.69) is 16.4 Å². The van der Waals surface area contributed by atoms with Gasteiger partial charge in [-0.05, 0) is 61.4 Å². The molecule has 0 amide bonds. The summed E-state index contributed by atoms with van der Waals surface area (Å²) in [6, 6.07) is 9.68. The van der Waals surface area contributed by atoms with E-state index in [0.717, 1.165) is 49.8 Å². The highest BCUT2D eigenvalue weighted by Gasteiger charge is 2.38. The highest BCUT2D eigenvalue weighted by molar-refractivity contribution is 8.22. The van der Waals surface area contributed by atoms with Crippen LogP contribution in [0.4, 0.5) is 11.5 Å². The lowest BCUT2D eigenvalue weighted by atomic mass is 9.85. The van der Waals surface area contributed by atoms with Crippen molar-refractivity contribution in [2.24, 2.45) is 11.8 Å². The molecule has 178 valence electrons. The highest BCUT2D eigenvalue weighted by Crippen LogP contribution is 2.60. The molecule has 1 aromatic carbocycles. The van der Waals surface area contributed by atoms with Crippen LogP contribution in [-0.2, 0) is 6.54 Å². The van der Waals surface area contributed by atoms with E-state index in [9.17, 15) is 19.2 Å². The molecule has 0 radical (unpaired) electrons. The summed E-state index contributed by atoms with van der Waals surface area (Å²) in [6.07, 6.45) is 7.67. The van der Waals surface area contributed by atoms with Gasteiger partial charge in [0.15, 0.2) is 5.82 Å². The van der Waals surface area contributed by atoms with Crippen molar-refractivity contribution in [3.05, 3.63) is 46.4 Å². The van der Waals surface area contributed by atoms with Gasteiger partial charge in [-0.1, -0.05) is 12.8 Å². The smallest absolute Gasteiger partial charge is 0.261 e. The summed E-state index contributed by atoms with van der Waals surface area (Å²) < 4.78 is 25.2. The molecule has 0 unspecified atom stereocenters. The summed E-state index contributed by atoms with van der Waals surface area (Å²) in [4.78, 5) is 16.1. The largest absolute Gasteiger partial charge is 0.338 e. The molecule has 0 bridgehead atoms. The van der Waals surface area contributed by atoms with Crippen LogP contribution in [0.5, 0.6) is 0 Å². The lowest BCUT2D eigenvalue weighted by molar-refractivity contribution is 0.277. The first kappa shape index (κ1) is 21.7. The normalized spacial score (nSPS) is 25.1. The molecule has 2 saturated carbocycles. The van der Waals surface area contributed by atoms with Gasteiger partial charge in [-0.15, -0.1) is 10.8 Å². The zero-order valence-electron chi connectivity index (χ0n) is 18.8. The number of aromatic amines is 1. The fraction of sp³-hybridized carbons (Fsp3) is 0.458. The van der Waals surface area contributed by atoms with Gasteiger partial charge >= 0.3 is 0 Å². The topological polar surface area (TPSA) is 130 Å². The molecule has 0 spiro atoms. The molecule has 34 heavy (non-hydrogen) atoms. The lowest BCUT2D eigenvalue weighted by Gasteiger charge is -2.37. The maximum Gasteiger partial charge on any atom is 0.261 e. The van der Waals surface area contributed by atoms with Gasteiger partial charge in [-0.25, -0.2) is 0 Å². The number of nitriles is 1. The number of rotatable bonds is 5. The van der Waals surface area contributed by atoms with E-state index < -0.39 is 10.8 Å². The van der Waals surface area contributed by atoms with Crippen LogP contribution >= 0.6 is 10.8 Å². The van der Waals surface area contributed by atoms with Crippen molar-refractivity contribution in [3.8, 4) is 6.07 Å². The van der Waals surface area contributed by atoms with Crippen LogP contribution in [0.15, 0.2) is 40.2 Å². The zero-order chi connectivity index (χ0) is 23.4. The third kappa shape index (κ3) is 3.60. The Bertz CT molecular complexity index is 1350. The third-order valence-electron chi connectivity index (χ3n) is 7.32. The Labute approximate surface area is 198 Å². The maximum absolute atomic E-state index is 12.8. The van der Waals surface area contributed by atoms with Crippen LogP contribution < -0.4 is 10.9 Å². The molecule has 2 aliphatic carbocycles. The van der Waals surface area contributed by atoms with Gasteiger partial charge in [0, 0.05) is 25.0 Å². The summed E-state index contributed by atoms with van der Waals surface area (Å²) in [5, 5.41) is 18.2. The molecular formula is C24H28N6O3S. The first-order valence-electron chi connectivity index (χ1n) is 11.9. The fourth-order valence-corrected chi connectivity index (χ4v) is 7.10. The van der Waals surface area contributed by atoms with Crippen molar-refractivity contribution in [2.75, 3.05) is 11.9 Å². The Kier molecular flexibility index (Phi) is 5.18. The van der Waals surface area contributed by atoms with Crippen molar-refractivity contribution in [1.29, 1.82) is 5.26 Å². The average molecular weight is 481 g/mol. The minimum atomic E-state index is -2.95. The third-order valence-corrected chi connectivity index (χ3v) is 9.31. The van der Waals surface area contributed by atoms with Crippen LogP contribution in [0.2, 0.25) is 0 Å². The Balaban J connectivity index is 1.35. The number of benzene rings is 1. The number of H-pyrrole nitrogens is 1. The summed E-state index contributed by atoms with van der Waals surface area (Å²) in [5.41, 5.74) is 2.09. The first-order valence-corrected chi connectivity index (χ1v) is 13.4. The molecule has 1 aliphatic heterocycles. The molecule has 2 atom stereocenters. The molecule has 10 heteroatoms. The molecule has 3 aliphatic rings. The molecule has 2 fully saturated rings. The van der Waals surface area contributed by atoms with Gasteiger partial charge in [0.2, 0.25) is 0 Å². The highest BCUT2D eigenvalue weighted by atomic mass is 32.3. The van der Waals surface area contributed by atoms with Crippen molar-refractivity contribution < 1.29 is 9.11 Å². The van der Waals surface area contributed by atoms with E-state index in [1.807, 2.05) is 16.8 Å². The van der Waals surface area contributed by atoms with E-state index in [4.69, 9.17) is 5.10 Å². The van der Waals surface area contributed by atoms with E-state index in [0.29, 0.717) is 40.6 Å². The lowest BCUT2D eigenvalue weighted by Crippen LogP contribution is -2.23. The number of fused-ring (bicyclic) bond motifs is 2. The second kappa shape index (κ2) is 8.13. The summed E-state index contributed by atoms with van der Waals surface area (Å²) in [6.45, 7) is 1.19. The number of anilines is 2. The van der Waals surface area contributed by atoms with Crippen LogP contribution in [0.1, 0.15) is 50.1 Å². The monoisotopic (exact) mass is 480 g/mol. The van der Waals surface area contributed by atoms with Crippen molar-refractivity contribution in [1.82, 2.24) is 19.1 Å². The number of nitrogens with zero attached hydrogens (tertiary/aromatic N) is 4. The van der Waals surface area contributed by atoms with Crippen molar-refractivity contribution in [3.63, 3.8) is 0 Å². The second-order valence-electron chi connectivity index (χ2n) is 9.68. The molecule has 9 nitrogen and oxygen atoms in total. The molecule has 3 heterocycles. The standard InChI is InChI=1S/C24H28N6O3S/c25-12-16-3-1-2-4-19(16)30-20-9-10-26-24(31)22(20)23(28-30)27-18-7-8-21-17(11-18)14-29(34(21,32)33)13-15-5-6-15/h7-11,15-16,19,32-33H,1-6,13-14H2,(H,26,31)(H,27,28)/t16-,19+/m1/s1. The number of pyridine rings is 1. The van der Waals surface area contributed by atoms with Gasteiger partial charge < -0.3 is 10.3 Å². The number of nitrogens with one attached hydrogen (secondary N) is 2. The molecular weight excluding hydrogens is 452 g/mol. The molecule has 4 N–H and O–H groups in total. The van der Waals surface area contributed by atoms with Crippen molar-refractivity contribution in [2.45, 2.75) is 56.0 Å². The Hall–Kier alpha value is -2.84. The van der Waals surface area contributed by atoms with Gasteiger partial charge in [0.05, 0.1) is 28.4 Å². The predicted octanol–water partition coefficient (Wildman–Crippen LogP) is 4.97. The Morgan fingerprint density at radius 2 is 2.03 bits per heavy atom. The fourth-order valence-electron chi connectivity index (χ4n) is 5.36. The summed E-state index contributed by atoms with van der Waals surface area (Å²) in [7, 11) is -2.95. The second-order valence-corrected chi connectivity index (χ2v) is 11.7. The average Bonchev–Trinajstić information content (AvgIpc) is 3.52. The van der Waals surface area contributed by atoms with Crippen LogP contribution in [0.25, 0.3) is 10.9 Å². The number of hydrogen-bond acceptors (Lipinski definition) is 7. The molecule has 6 rings (SSSR count). The maximum atomic E-state index is 12.8. The summed E-state index contributed by atoms with van der Waals surface area (Å²) in [5.74, 6) is 0.863. The number of hydrogen-bond donors (Lipinski definition) is 4. The van der Waals surface area contributed by atoms with Gasteiger partial charge in [-0.3, -0.25) is 18.6 Å². The summed E-state index contributed by atoms with van der Waals surface area (Å²) >= 11 is 0. The minimum Gasteiger partial charge on any atom is -0.338 e. The van der Waals surface area contributed by atoms with Gasteiger partial charge in [0.1, 0.15) is 5.39 Å². The Morgan fingerprint density at radius 1 is 1.21 bits per heavy atom. The Morgan fingerprint density at radius 3 is 2.82 bits per heavy atom. The molecule has 3 aromatic rings. The molecule has 0 saturated heterocycles. The quantitative estimate of drug-likeness (QED) is 0.405. The van der Waals surface area contributed by atoms with E-state index in [1.165, 1.54) is 0 Å². The first-order chi connectivity index (χ1) is 16.5. The zero-order valence-corrected chi connectivity index (χ0v) is 19.6. The van der Waals surface area contributed by atoms with E-state index in [-0.39, 0.29) is 17.5 Å². The molecule has 2 aromatic heterocycles. The van der Waals surface area contributed by atoms with E-state index >= 15 is 0 Å². The minimum absolute atomic E-state index is 0.0670. The predicted molar refractivity (Wildman–Crippen MR) is 131 cm³/mol. The SMILES string of the molecule is N#C[C@H]1CCCC[C@@H]1n1nc(Nc2ccc3c(c2)CN(CC2CC2)S3(O)O)c2c(=O)[nH]ccc21. The van der Waals surface area contributed by atoms with Gasteiger partial charge in [0.25, 0.3) is 5.56 Å². The van der Waals surface area contributed by atoms with Crippen LogP contribution in [0.3, 0.4) is 0 Å².